The zero-order chi connectivity index (χ0) is 51.8. The molecular weight excluding hydrogens is 1020 g/mol. The lowest BCUT2D eigenvalue weighted by atomic mass is 9.72. The van der Waals surface area contributed by atoms with Gasteiger partial charge in [0.25, 0.3) is 0 Å². The summed E-state index contributed by atoms with van der Waals surface area (Å²) in [4.78, 5) is 14.2. The van der Waals surface area contributed by atoms with Gasteiger partial charge >= 0.3 is 6.64 Å². The molecule has 14 heteroatoms. The van der Waals surface area contributed by atoms with Gasteiger partial charge in [-0.25, -0.2) is 4.78 Å². The molecule has 4 bridgehead atoms. The number of fused-ring (bicyclic) bond motifs is 8. The molecule has 2 N–H and O–H groups in total. The number of pyridine rings is 2. The van der Waals surface area contributed by atoms with E-state index in [1.54, 1.807) is 11.0 Å². The van der Waals surface area contributed by atoms with Crippen LogP contribution in [0.1, 0.15) is 78.6 Å². The number of benzene rings is 5. The number of thioether (sulfide) groups is 2. The summed E-state index contributed by atoms with van der Waals surface area (Å²) in [5, 5.41) is 30.1. The van der Waals surface area contributed by atoms with E-state index < -0.39 is 18.9 Å². The maximum absolute atomic E-state index is 11.6. The second-order valence-electron chi connectivity index (χ2n) is 21.3. The monoisotopic (exact) mass is 1090 g/mol. The number of aliphatic hydroxyl groups excluding tert-OH is 2. The van der Waals surface area contributed by atoms with E-state index in [9.17, 15) is 10.2 Å². The predicted molar refractivity (Wildman–Crippen MR) is 318 cm³/mol. The van der Waals surface area contributed by atoms with Crippen molar-refractivity contribution in [2.24, 2.45) is 28.8 Å². The Kier molecular flexibility index (Phi) is 17.4. The lowest BCUT2D eigenvalue weighted by molar-refractivity contribution is -0.0559. The van der Waals surface area contributed by atoms with Crippen LogP contribution < -0.4 is 9.05 Å². The Labute approximate surface area is 462 Å². The van der Waals surface area contributed by atoms with E-state index in [2.05, 4.69) is 56.2 Å². The Morgan fingerprint density at radius 2 is 1.09 bits per heavy atom. The van der Waals surface area contributed by atoms with Crippen LogP contribution in [-0.2, 0) is 24.6 Å². The number of hydrazone groups is 1. The van der Waals surface area contributed by atoms with E-state index in [0.717, 1.165) is 113 Å². The molecule has 6 fully saturated rings. The van der Waals surface area contributed by atoms with Crippen molar-refractivity contribution < 1.29 is 19.3 Å². The topological polar surface area (TPSA) is 107 Å². The van der Waals surface area contributed by atoms with Gasteiger partial charge in [0.15, 0.2) is 0 Å². The molecule has 2 unspecified atom stereocenters. The second-order valence-corrected chi connectivity index (χ2v) is 27.0. The minimum Gasteiger partial charge on any atom is -0.420 e. The maximum Gasteiger partial charge on any atom is 0.410 e. The van der Waals surface area contributed by atoms with E-state index in [4.69, 9.17) is 26.0 Å². The highest BCUT2D eigenvalue weighted by Gasteiger charge is 2.44. The van der Waals surface area contributed by atoms with E-state index in [1.807, 2.05) is 146 Å². The summed E-state index contributed by atoms with van der Waals surface area (Å²) in [6.45, 7) is 1.14. The Hall–Kier alpha value is -4.82. The Morgan fingerprint density at radius 3 is 1.55 bits per heavy atom. The van der Waals surface area contributed by atoms with Crippen LogP contribution in [0.25, 0.3) is 21.8 Å². The zero-order valence-electron chi connectivity index (χ0n) is 43.5. The van der Waals surface area contributed by atoms with Crippen LogP contribution in [0, 0.1) is 23.7 Å². The molecule has 0 radical (unpaired) electrons. The van der Waals surface area contributed by atoms with Crippen molar-refractivity contribution in [2.45, 2.75) is 75.7 Å². The van der Waals surface area contributed by atoms with E-state index in [0.29, 0.717) is 35.2 Å². The molecule has 10 nitrogen and oxygen atoms in total. The summed E-state index contributed by atoms with van der Waals surface area (Å²) in [7, 11) is 1.83. The third-order valence-corrected chi connectivity index (χ3v) is 21.6. The summed E-state index contributed by atoms with van der Waals surface area (Å²) < 4.78 is 14.9. The minimum atomic E-state index is -3.17. The number of piperidine rings is 6. The SMILES string of the molecule is CN(/N=C/c1ccccc1)P(=S)(Oc1ccc(CCSCC[C@H]2CN3CC[C@H]2C[C@@H]3[C@@H](O)c2ccnc3ccccc23)cc1)Oc1ccc(CCSCC[C@H]2CN3CC[C@H]2C[C@@H]3[C@@H](O)c2ccnc3ccccc23)cc1. The van der Waals surface area contributed by atoms with Crippen LogP contribution in [0.2, 0.25) is 0 Å². The molecule has 7 aromatic rings. The van der Waals surface area contributed by atoms with Gasteiger partial charge in [-0.1, -0.05) is 91.0 Å². The van der Waals surface area contributed by atoms with Crippen molar-refractivity contribution in [1.82, 2.24) is 24.5 Å². The number of nitrogens with zero attached hydrogens (tertiary/aromatic N) is 6. The molecule has 13 rings (SSSR count). The van der Waals surface area contributed by atoms with Gasteiger partial charge in [0.2, 0.25) is 0 Å². The van der Waals surface area contributed by atoms with E-state index in [-0.39, 0.29) is 12.1 Å². The van der Waals surface area contributed by atoms with Crippen LogP contribution in [0.15, 0.2) is 157 Å². The molecule has 10 atom stereocenters. The van der Waals surface area contributed by atoms with Gasteiger partial charge in [-0.15, -0.1) is 0 Å². The van der Waals surface area contributed by atoms with E-state index in [1.165, 1.54) is 36.8 Å². The molecule has 6 aliphatic rings. The number of aromatic nitrogens is 2. The fraction of sp³-hybridized carbons (Fsp3) is 0.403. The molecule has 2 aromatic heterocycles. The Balaban J connectivity index is 0.630. The van der Waals surface area contributed by atoms with Crippen molar-refractivity contribution in [3.8, 4) is 11.5 Å². The molecule has 5 aromatic carbocycles. The average Bonchev–Trinajstić information content (AvgIpc) is 3.49. The summed E-state index contributed by atoms with van der Waals surface area (Å²) >= 11 is 10.4. The van der Waals surface area contributed by atoms with Gasteiger partial charge in [-0.3, -0.25) is 19.8 Å². The number of aryl methyl sites for hydroxylation is 2. The molecule has 6 saturated heterocycles. The molecule has 0 aliphatic carbocycles. The fourth-order valence-electron chi connectivity index (χ4n) is 12.5. The first-order valence-corrected chi connectivity index (χ1v) is 32.3. The summed E-state index contributed by atoms with van der Waals surface area (Å²) in [5.41, 5.74) is 7.40. The Bertz CT molecular complexity index is 2910. The summed E-state index contributed by atoms with van der Waals surface area (Å²) in [6, 6.07) is 47.3. The molecule has 8 heterocycles. The first-order valence-electron chi connectivity index (χ1n) is 27.4. The van der Waals surface area contributed by atoms with Crippen LogP contribution in [0.3, 0.4) is 0 Å². The smallest absolute Gasteiger partial charge is 0.410 e. The van der Waals surface area contributed by atoms with Crippen LogP contribution in [0.4, 0.5) is 0 Å². The van der Waals surface area contributed by atoms with Crippen LogP contribution >= 0.6 is 30.2 Å². The first-order chi connectivity index (χ1) is 37.2. The highest BCUT2D eigenvalue weighted by atomic mass is 32.5. The fourth-order valence-corrected chi connectivity index (χ4v) is 16.5. The molecule has 0 saturated carbocycles. The summed E-state index contributed by atoms with van der Waals surface area (Å²) in [5.74, 6) is 8.45. The van der Waals surface area contributed by atoms with Gasteiger partial charge in [-0.2, -0.15) is 28.6 Å². The number of rotatable bonds is 23. The lowest BCUT2D eigenvalue weighted by Gasteiger charge is -2.51. The minimum absolute atomic E-state index is 0.172. The number of aliphatic hydroxyl groups is 2. The van der Waals surface area contributed by atoms with Crippen molar-refractivity contribution in [3.05, 3.63) is 180 Å². The quantitative estimate of drug-likeness (QED) is 0.0276. The number of hydrogen-bond acceptors (Lipinski definition) is 12. The first kappa shape index (κ1) is 53.2. The third kappa shape index (κ3) is 12.5. The molecule has 396 valence electrons. The van der Waals surface area contributed by atoms with E-state index >= 15 is 0 Å². The number of para-hydroxylation sites is 2. The predicted octanol–water partition coefficient (Wildman–Crippen LogP) is 12.7. The van der Waals surface area contributed by atoms with Gasteiger partial charge in [-0.05, 0) is 187 Å². The average molecular weight is 1090 g/mol. The highest BCUT2D eigenvalue weighted by Crippen LogP contribution is 2.52. The molecule has 0 amide bonds. The molecule has 0 spiro atoms. The molecule has 76 heavy (non-hydrogen) atoms. The van der Waals surface area contributed by atoms with Crippen molar-refractivity contribution in [1.29, 1.82) is 0 Å². The molecular formula is C62H71N6O4PS3. The Morgan fingerprint density at radius 1 is 0.632 bits per heavy atom. The normalized spacial score (nSPS) is 24.6. The van der Waals surface area contributed by atoms with Crippen molar-refractivity contribution in [3.63, 3.8) is 0 Å². The highest BCUT2D eigenvalue weighted by molar-refractivity contribution is 8.09. The maximum atomic E-state index is 11.6. The lowest BCUT2D eigenvalue weighted by Crippen LogP contribution is -2.55. The number of hydrogen-bond donors (Lipinski definition) is 2. The largest absolute Gasteiger partial charge is 0.420 e. The van der Waals surface area contributed by atoms with Crippen LogP contribution in [-0.4, -0.2) is 109 Å². The second kappa shape index (κ2) is 24.9. The van der Waals surface area contributed by atoms with Gasteiger partial charge in [0.05, 0.1) is 29.5 Å². The van der Waals surface area contributed by atoms with Gasteiger partial charge < -0.3 is 19.3 Å². The van der Waals surface area contributed by atoms with Crippen LogP contribution in [0.5, 0.6) is 11.5 Å². The van der Waals surface area contributed by atoms with Gasteiger partial charge in [0.1, 0.15) is 11.5 Å². The van der Waals surface area contributed by atoms with Crippen molar-refractivity contribution in [2.75, 3.05) is 56.2 Å². The van der Waals surface area contributed by atoms with Crippen molar-refractivity contribution >= 4 is 70.0 Å². The zero-order valence-corrected chi connectivity index (χ0v) is 46.9. The standard InChI is InChI=1S/C62H71N6O4PS3/c1-66(65-41-46-9-3-2-4-10-46)73(74,71-51-19-15-44(16-20-51)27-35-75-37-29-49-42-67-33-25-47(49)39-59(67)61(69)55-23-31-63-57-13-7-5-11-53(55)57)72-52-21-17-45(18-22-52)28-36-76-38-30-50-43-68-34-26-48(50)40-60(68)62(70)56-24-32-64-58-14-8-6-12-54(56)58/h2-24,31-32,41,47-50,59-62,69-70H,25-30,33-40,42-43H2,1H3/b65-41+/t47-,48-,49-,50-,59+,60+,61-,62-/m0/s1. The van der Waals surface area contributed by atoms with Gasteiger partial charge in [0, 0.05) is 67.2 Å². The molecule has 6 aliphatic heterocycles. The summed E-state index contributed by atoms with van der Waals surface area (Å²) in [6.07, 6.45) is 13.4. The third-order valence-electron chi connectivity index (χ3n) is 16.8.